The van der Waals surface area contributed by atoms with E-state index in [1.807, 2.05) is 12.1 Å². The van der Waals surface area contributed by atoms with Gasteiger partial charge in [0.2, 0.25) is 0 Å². The Morgan fingerprint density at radius 3 is 2.78 bits per heavy atom. The standard InChI is InChI=1S/C14H22N2O2/c1-17-14-5-4-12(11-13(14)15)3-2-6-16-7-9-18-10-8-16/h4-5,11H,2-3,6-10,15H2,1H3. The van der Waals surface area contributed by atoms with Crippen LogP contribution in [0, 0.1) is 0 Å². The third kappa shape index (κ3) is 3.62. The normalized spacial score (nSPS) is 16.7. The summed E-state index contributed by atoms with van der Waals surface area (Å²) in [5.41, 5.74) is 7.90. The van der Waals surface area contributed by atoms with Crippen molar-refractivity contribution in [1.82, 2.24) is 4.90 Å². The second-order valence-corrected chi connectivity index (χ2v) is 4.63. The summed E-state index contributed by atoms with van der Waals surface area (Å²) < 4.78 is 10.5. The highest BCUT2D eigenvalue weighted by molar-refractivity contribution is 5.54. The summed E-state index contributed by atoms with van der Waals surface area (Å²) in [6.45, 7) is 5.00. The van der Waals surface area contributed by atoms with Crippen molar-refractivity contribution >= 4 is 5.69 Å². The molecule has 0 radical (unpaired) electrons. The van der Waals surface area contributed by atoms with Gasteiger partial charge in [-0.15, -0.1) is 0 Å². The van der Waals surface area contributed by atoms with E-state index in [0.717, 1.165) is 57.1 Å². The lowest BCUT2D eigenvalue weighted by Gasteiger charge is -2.26. The summed E-state index contributed by atoms with van der Waals surface area (Å²) in [4.78, 5) is 2.45. The Kier molecular flexibility index (Phi) is 4.84. The molecule has 1 aromatic rings. The van der Waals surface area contributed by atoms with Crippen LogP contribution in [0.15, 0.2) is 18.2 Å². The topological polar surface area (TPSA) is 47.7 Å². The molecule has 0 bridgehead atoms. The van der Waals surface area contributed by atoms with E-state index in [-0.39, 0.29) is 0 Å². The smallest absolute Gasteiger partial charge is 0.141 e. The van der Waals surface area contributed by atoms with Crippen molar-refractivity contribution in [2.45, 2.75) is 12.8 Å². The zero-order chi connectivity index (χ0) is 12.8. The quantitative estimate of drug-likeness (QED) is 0.805. The van der Waals surface area contributed by atoms with Gasteiger partial charge in [-0.3, -0.25) is 4.90 Å². The van der Waals surface area contributed by atoms with E-state index in [1.54, 1.807) is 7.11 Å². The number of hydrogen-bond acceptors (Lipinski definition) is 4. The highest BCUT2D eigenvalue weighted by Crippen LogP contribution is 2.22. The van der Waals surface area contributed by atoms with Crippen LogP contribution in [0.1, 0.15) is 12.0 Å². The minimum Gasteiger partial charge on any atom is -0.495 e. The fourth-order valence-corrected chi connectivity index (χ4v) is 2.27. The molecule has 1 aromatic carbocycles. The Morgan fingerprint density at radius 2 is 2.11 bits per heavy atom. The van der Waals surface area contributed by atoms with Crippen LogP contribution >= 0.6 is 0 Å². The number of nitrogen functional groups attached to an aromatic ring is 1. The molecular formula is C14H22N2O2. The molecular weight excluding hydrogens is 228 g/mol. The molecule has 100 valence electrons. The molecule has 0 atom stereocenters. The molecule has 1 saturated heterocycles. The first-order valence-corrected chi connectivity index (χ1v) is 6.52. The zero-order valence-corrected chi connectivity index (χ0v) is 11.0. The lowest BCUT2D eigenvalue weighted by Crippen LogP contribution is -2.36. The molecule has 4 nitrogen and oxygen atoms in total. The van der Waals surface area contributed by atoms with E-state index >= 15 is 0 Å². The van der Waals surface area contributed by atoms with Crippen molar-refractivity contribution in [2.75, 3.05) is 45.7 Å². The van der Waals surface area contributed by atoms with E-state index in [9.17, 15) is 0 Å². The van der Waals surface area contributed by atoms with Gasteiger partial charge in [0.15, 0.2) is 0 Å². The minimum absolute atomic E-state index is 0.723. The fourth-order valence-electron chi connectivity index (χ4n) is 2.27. The van der Waals surface area contributed by atoms with Crippen molar-refractivity contribution in [2.24, 2.45) is 0 Å². The Balaban J connectivity index is 1.77. The van der Waals surface area contributed by atoms with Crippen molar-refractivity contribution in [3.8, 4) is 5.75 Å². The fraction of sp³-hybridized carbons (Fsp3) is 0.571. The van der Waals surface area contributed by atoms with Crippen LogP contribution in [0.4, 0.5) is 5.69 Å². The molecule has 0 aliphatic carbocycles. The van der Waals surface area contributed by atoms with Crippen LogP contribution in [0.3, 0.4) is 0 Å². The lowest BCUT2D eigenvalue weighted by molar-refractivity contribution is 0.0375. The van der Waals surface area contributed by atoms with Gasteiger partial charge in [-0.1, -0.05) is 6.07 Å². The number of rotatable bonds is 5. The molecule has 4 heteroatoms. The summed E-state index contributed by atoms with van der Waals surface area (Å²) in [7, 11) is 1.64. The Bertz CT molecular complexity index is 376. The largest absolute Gasteiger partial charge is 0.495 e. The maximum absolute atomic E-state index is 5.89. The number of benzene rings is 1. The number of nitrogens with zero attached hydrogens (tertiary/aromatic N) is 1. The van der Waals surface area contributed by atoms with E-state index in [2.05, 4.69) is 11.0 Å². The summed E-state index contributed by atoms with van der Waals surface area (Å²) >= 11 is 0. The lowest BCUT2D eigenvalue weighted by atomic mass is 10.1. The highest BCUT2D eigenvalue weighted by atomic mass is 16.5. The van der Waals surface area contributed by atoms with Crippen LogP contribution in [0.25, 0.3) is 0 Å². The van der Waals surface area contributed by atoms with Crippen LogP contribution in [0.2, 0.25) is 0 Å². The average molecular weight is 250 g/mol. The number of anilines is 1. The van der Waals surface area contributed by atoms with E-state index in [1.165, 1.54) is 5.56 Å². The molecule has 1 aliphatic heterocycles. The number of morpholine rings is 1. The second kappa shape index (κ2) is 6.61. The van der Waals surface area contributed by atoms with Gasteiger partial charge < -0.3 is 15.2 Å². The van der Waals surface area contributed by atoms with Gasteiger partial charge in [0, 0.05) is 13.1 Å². The third-order valence-corrected chi connectivity index (χ3v) is 3.34. The molecule has 1 aliphatic rings. The SMILES string of the molecule is COc1ccc(CCCN2CCOCC2)cc1N. The van der Waals surface area contributed by atoms with Gasteiger partial charge in [-0.05, 0) is 37.1 Å². The first kappa shape index (κ1) is 13.2. The zero-order valence-electron chi connectivity index (χ0n) is 11.0. The van der Waals surface area contributed by atoms with E-state index in [4.69, 9.17) is 15.2 Å². The van der Waals surface area contributed by atoms with Crippen LogP contribution in [0.5, 0.6) is 5.75 Å². The number of ether oxygens (including phenoxy) is 2. The molecule has 0 saturated carbocycles. The minimum atomic E-state index is 0.723. The van der Waals surface area contributed by atoms with Crippen LogP contribution in [-0.4, -0.2) is 44.9 Å². The molecule has 0 amide bonds. The van der Waals surface area contributed by atoms with Gasteiger partial charge >= 0.3 is 0 Å². The average Bonchev–Trinajstić information content (AvgIpc) is 2.40. The molecule has 2 rings (SSSR count). The van der Waals surface area contributed by atoms with Gasteiger partial charge in [-0.2, -0.15) is 0 Å². The molecule has 0 aromatic heterocycles. The number of aryl methyl sites for hydroxylation is 1. The van der Waals surface area contributed by atoms with Crippen LogP contribution in [-0.2, 0) is 11.2 Å². The summed E-state index contributed by atoms with van der Waals surface area (Å²) in [6, 6.07) is 6.05. The molecule has 0 spiro atoms. The molecule has 1 fully saturated rings. The predicted octanol–water partition coefficient (Wildman–Crippen LogP) is 1.54. The van der Waals surface area contributed by atoms with Crippen molar-refractivity contribution < 1.29 is 9.47 Å². The van der Waals surface area contributed by atoms with Gasteiger partial charge in [0.05, 0.1) is 26.0 Å². The number of hydrogen-bond donors (Lipinski definition) is 1. The Labute approximate surface area is 109 Å². The Morgan fingerprint density at radius 1 is 1.33 bits per heavy atom. The summed E-state index contributed by atoms with van der Waals surface area (Å²) in [5.74, 6) is 0.756. The molecule has 0 unspecified atom stereocenters. The monoisotopic (exact) mass is 250 g/mol. The second-order valence-electron chi connectivity index (χ2n) is 4.63. The van der Waals surface area contributed by atoms with Crippen LogP contribution < -0.4 is 10.5 Å². The summed E-state index contributed by atoms with van der Waals surface area (Å²) in [5, 5.41) is 0. The van der Waals surface area contributed by atoms with Gasteiger partial charge in [-0.25, -0.2) is 0 Å². The number of methoxy groups -OCH3 is 1. The van der Waals surface area contributed by atoms with Crippen molar-refractivity contribution in [3.63, 3.8) is 0 Å². The molecule has 1 heterocycles. The predicted molar refractivity (Wildman–Crippen MR) is 73.0 cm³/mol. The van der Waals surface area contributed by atoms with E-state index in [0.29, 0.717) is 0 Å². The van der Waals surface area contributed by atoms with Gasteiger partial charge in [0.25, 0.3) is 0 Å². The van der Waals surface area contributed by atoms with Crippen molar-refractivity contribution in [1.29, 1.82) is 0 Å². The van der Waals surface area contributed by atoms with Gasteiger partial charge in [0.1, 0.15) is 5.75 Å². The molecule has 2 N–H and O–H groups in total. The number of nitrogens with two attached hydrogens (primary N) is 1. The Hall–Kier alpha value is -1.26. The first-order chi connectivity index (χ1) is 8.79. The molecule has 18 heavy (non-hydrogen) atoms. The van der Waals surface area contributed by atoms with Crippen molar-refractivity contribution in [3.05, 3.63) is 23.8 Å². The maximum Gasteiger partial charge on any atom is 0.141 e. The highest BCUT2D eigenvalue weighted by Gasteiger charge is 2.09. The van der Waals surface area contributed by atoms with E-state index < -0.39 is 0 Å². The third-order valence-electron chi connectivity index (χ3n) is 3.34. The summed E-state index contributed by atoms with van der Waals surface area (Å²) in [6.07, 6.45) is 2.22. The first-order valence-electron chi connectivity index (χ1n) is 6.52. The maximum atomic E-state index is 5.89.